The number of carbonyl (C=O) groups is 1. The zero-order chi connectivity index (χ0) is 19.9. The highest BCUT2D eigenvalue weighted by atomic mass is 19.1. The van der Waals surface area contributed by atoms with Gasteiger partial charge in [0.1, 0.15) is 11.6 Å². The maximum absolute atomic E-state index is 13.3. The lowest BCUT2D eigenvalue weighted by Crippen LogP contribution is -2.21. The molecule has 140 valence electrons. The summed E-state index contributed by atoms with van der Waals surface area (Å²) in [5.41, 5.74) is 2.53. The molecule has 2 rings (SSSR count). The second-order valence-corrected chi connectivity index (χ2v) is 8.83. The molecule has 0 fully saturated rings. The van der Waals surface area contributed by atoms with E-state index in [1.165, 1.54) is 12.1 Å². The van der Waals surface area contributed by atoms with Crippen LogP contribution < -0.4 is 5.32 Å². The van der Waals surface area contributed by atoms with E-state index in [0.717, 1.165) is 11.1 Å². The average Bonchev–Trinajstić information content (AvgIpc) is 2.47. The third kappa shape index (κ3) is 4.24. The summed E-state index contributed by atoms with van der Waals surface area (Å²) in [4.78, 5) is 12.8. The predicted molar refractivity (Wildman–Crippen MR) is 105 cm³/mol. The van der Waals surface area contributed by atoms with Crippen LogP contribution in [0.5, 0.6) is 5.75 Å². The molecule has 0 radical (unpaired) electrons. The van der Waals surface area contributed by atoms with E-state index in [1.54, 1.807) is 25.1 Å². The van der Waals surface area contributed by atoms with Gasteiger partial charge in [-0.05, 0) is 53.6 Å². The first-order valence-corrected chi connectivity index (χ1v) is 8.76. The van der Waals surface area contributed by atoms with E-state index in [2.05, 4.69) is 5.32 Å². The summed E-state index contributed by atoms with van der Waals surface area (Å²) in [6.07, 6.45) is 0. The molecule has 4 heteroatoms. The first-order valence-electron chi connectivity index (χ1n) is 8.76. The molecule has 0 aliphatic heterocycles. The van der Waals surface area contributed by atoms with E-state index in [4.69, 9.17) is 0 Å². The number of phenols is 1. The highest BCUT2D eigenvalue weighted by molar-refractivity contribution is 6.05. The lowest BCUT2D eigenvalue weighted by molar-refractivity contribution is 0.102. The third-order valence-corrected chi connectivity index (χ3v) is 4.42. The molecule has 2 aromatic rings. The molecular formula is C22H28FNO2. The van der Waals surface area contributed by atoms with Crippen LogP contribution in [-0.4, -0.2) is 11.0 Å². The Morgan fingerprint density at radius 3 is 1.88 bits per heavy atom. The summed E-state index contributed by atoms with van der Waals surface area (Å²) in [5, 5.41) is 13.6. The molecule has 26 heavy (non-hydrogen) atoms. The lowest BCUT2D eigenvalue weighted by atomic mass is 9.78. The smallest absolute Gasteiger partial charge is 0.255 e. The normalized spacial score (nSPS) is 12.2. The van der Waals surface area contributed by atoms with E-state index in [1.807, 2.05) is 41.5 Å². The van der Waals surface area contributed by atoms with Gasteiger partial charge >= 0.3 is 0 Å². The van der Waals surface area contributed by atoms with Crippen molar-refractivity contribution in [2.24, 2.45) is 0 Å². The summed E-state index contributed by atoms with van der Waals surface area (Å²) in [5.74, 6) is -0.384. The van der Waals surface area contributed by atoms with Gasteiger partial charge in [0.25, 0.3) is 5.91 Å². The number of benzene rings is 2. The maximum Gasteiger partial charge on any atom is 0.255 e. The number of anilines is 1. The summed E-state index contributed by atoms with van der Waals surface area (Å²) < 4.78 is 13.3. The Balaban J connectivity index is 2.53. The van der Waals surface area contributed by atoms with Crippen molar-refractivity contribution < 1.29 is 14.3 Å². The number of nitrogens with one attached hydrogen (secondary N) is 1. The van der Waals surface area contributed by atoms with Gasteiger partial charge in [0.2, 0.25) is 0 Å². The molecule has 0 aromatic heterocycles. The van der Waals surface area contributed by atoms with Crippen LogP contribution >= 0.6 is 0 Å². The number of rotatable bonds is 2. The molecule has 0 aliphatic rings. The van der Waals surface area contributed by atoms with Gasteiger partial charge in [-0.1, -0.05) is 41.5 Å². The fourth-order valence-corrected chi connectivity index (χ4v) is 2.87. The molecule has 1 amide bonds. The van der Waals surface area contributed by atoms with Gasteiger partial charge in [-0.15, -0.1) is 0 Å². The minimum Gasteiger partial charge on any atom is -0.507 e. The van der Waals surface area contributed by atoms with Crippen molar-refractivity contribution in [3.8, 4) is 5.75 Å². The first kappa shape index (κ1) is 20.0. The number of carbonyl (C=O) groups excluding carboxylic acids is 1. The fourth-order valence-electron chi connectivity index (χ4n) is 2.87. The largest absolute Gasteiger partial charge is 0.507 e. The van der Waals surface area contributed by atoms with Gasteiger partial charge in [-0.2, -0.15) is 0 Å². The van der Waals surface area contributed by atoms with Gasteiger partial charge < -0.3 is 10.4 Å². The molecule has 0 bridgehead atoms. The van der Waals surface area contributed by atoms with Crippen molar-refractivity contribution >= 4 is 11.6 Å². The number of phenolic OH excluding ortho intramolecular Hbond substituents is 1. The van der Waals surface area contributed by atoms with Gasteiger partial charge in [0.05, 0.1) is 0 Å². The molecule has 3 nitrogen and oxygen atoms in total. The molecule has 0 atom stereocenters. The Hall–Kier alpha value is -2.36. The molecule has 0 spiro atoms. The van der Waals surface area contributed by atoms with Crippen molar-refractivity contribution in [2.75, 3.05) is 5.32 Å². The van der Waals surface area contributed by atoms with Crippen molar-refractivity contribution in [1.82, 2.24) is 0 Å². The van der Waals surface area contributed by atoms with Crippen LogP contribution in [0.4, 0.5) is 10.1 Å². The number of amides is 1. The SMILES string of the molecule is Cc1cc(F)ccc1NC(=O)c1cc(C(C)(C)C)c(O)c(C(C)(C)C)c1. The zero-order valence-corrected chi connectivity index (χ0v) is 16.6. The minimum absolute atomic E-state index is 0.236. The maximum atomic E-state index is 13.3. The third-order valence-electron chi connectivity index (χ3n) is 4.42. The van der Waals surface area contributed by atoms with E-state index in [-0.39, 0.29) is 28.3 Å². The van der Waals surface area contributed by atoms with Crippen LogP contribution in [0.15, 0.2) is 30.3 Å². The number of hydrogen-bond donors (Lipinski definition) is 2. The minimum atomic E-state index is -0.338. The summed E-state index contributed by atoms with van der Waals surface area (Å²) in [6.45, 7) is 13.7. The predicted octanol–water partition coefficient (Wildman–Crippen LogP) is 5.69. The quantitative estimate of drug-likeness (QED) is 0.726. The summed E-state index contributed by atoms with van der Waals surface area (Å²) >= 11 is 0. The fraction of sp³-hybridized carbons (Fsp3) is 0.409. The van der Waals surface area contributed by atoms with Gasteiger partial charge in [0, 0.05) is 22.4 Å². The van der Waals surface area contributed by atoms with E-state index < -0.39 is 0 Å². The number of hydrogen-bond acceptors (Lipinski definition) is 2. The van der Waals surface area contributed by atoms with Crippen LogP contribution in [0.3, 0.4) is 0 Å². The molecule has 2 aromatic carbocycles. The highest BCUT2D eigenvalue weighted by Crippen LogP contribution is 2.39. The zero-order valence-electron chi connectivity index (χ0n) is 16.6. The van der Waals surface area contributed by atoms with Gasteiger partial charge in [0.15, 0.2) is 0 Å². The van der Waals surface area contributed by atoms with E-state index >= 15 is 0 Å². The Bertz CT molecular complexity index is 807. The molecule has 0 saturated heterocycles. The van der Waals surface area contributed by atoms with Crippen LogP contribution in [0, 0.1) is 12.7 Å². The van der Waals surface area contributed by atoms with Crippen LogP contribution in [-0.2, 0) is 10.8 Å². The lowest BCUT2D eigenvalue weighted by Gasteiger charge is -2.28. The average molecular weight is 357 g/mol. The van der Waals surface area contributed by atoms with Crippen molar-refractivity contribution in [3.05, 3.63) is 58.4 Å². The van der Waals surface area contributed by atoms with Crippen molar-refractivity contribution in [3.63, 3.8) is 0 Å². The first-order chi connectivity index (χ1) is 11.8. The Labute approximate surface area is 155 Å². The molecule has 2 N–H and O–H groups in total. The van der Waals surface area contributed by atoms with E-state index in [9.17, 15) is 14.3 Å². The van der Waals surface area contributed by atoms with Crippen LogP contribution in [0.2, 0.25) is 0 Å². The molecule has 0 unspecified atom stereocenters. The van der Waals surface area contributed by atoms with Crippen molar-refractivity contribution in [2.45, 2.75) is 59.3 Å². The highest BCUT2D eigenvalue weighted by Gasteiger charge is 2.27. The number of aryl methyl sites for hydroxylation is 1. The number of aromatic hydroxyl groups is 1. The summed E-state index contributed by atoms with van der Waals surface area (Å²) in [6, 6.07) is 7.73. The second-order valence-electron chi connectivity index (χ2n) is 8.83. The Morgan fingerprint density at radius 1 is 0.962 bits per heavy atom. The van der Waals surface area contributed by atoms with E-state index in [0.29, 0.717) is 16.8 Å². The Morgan fingerprint density at radius 2 is 1.46 bits per heavy atom. The molecule has 0 saturated carbocycles. The van der Waals surface area contributed by atoms with Crippen LogP contribution in [0.25, 0.3) is 0 Å². The van der Waals surface area contributed by atoms with Gasteiger partial charge in [-0.3, -0.25) is 4.79 Å². The molecular weight excluding hydrogens is 329 g/mol. The standard InChI is InChI=1S/C22H28FNO2/c1-13-10-15(23)8-9-18(13)24-20(26)14-11-16(21(2,3)4)19(25)17(12-14)22(5,6)7/h8-12,25H,1-7H3,(H,24,26). The monoisotopic (exact) mass is 357 g/mol. The van der Waals surface area contributed by atoms with Crippen molar-refractivity contribution in [1.29, 1.82) is 0 Å². The van der Waals surface area contributed by atoms with Gasteiger partial charge in [-0.25, -0.2) is 4.39 Å². The Kier molecular flexibility index (Phi) is 5.18. The molecule has 0 heterocycles. The topological polar surface area (TPSA) is 49.3 Å². The van der Waals surface area contributed by atoms with Crippen LogP contribution in [0.1, 0.15) is 68.6 Å². The molecule has 0 aliphatic carbocycles. The second kappa shape index (κ2) is 6.75. The number of halogens is 1. The summed E-state index contributed by atoms with van der Waals surface area (Å²) in [7, 11) is 0.